The number of rotatable bonds is 5. The van der Waals surface area contributed by atoms with Crippen molar-refractivity contribution in [2.45, 2.75) is 13.8 Å². The molecule has 0 saturated carbocycles. The Labute approximate surface area is 91.0 Å². The van der Waals surface area contributed by atoms with Gasteiger partial charge in [-0.3, -0.25) is 4.79 Å². The van der Waals surface area contributed by atoms with Gasteiger partial charge in [0.05, 0.1) is 0 Å². The lowest BCUT2D eigenvalue weighted by molar-refractivity contribution is 0.104. The van der Waals surface area contributed by atoms with Crippen molar-refractivity contribution in [3.63, 3.8) is 0 Å². The van der Waals surface area contributed by atoms with E-state index in [0.717, 1.165) is 12.1 Å². The van der Waals surface area contributed by atoms with Crippen LogP contribution < -0.4 is 5.32 Å². The van der Waals surface area contributed by atoms with Gasteiger partial charge in [0, 0.05) is 24.4 Å². The second-order valence-electron chi connectivity index (χ2n) is 3.87. The van der Waals surface area contributed by atoms with Crippen LogP contribution in [0.25, 0.3) is 0 Å². The van der Waals surface area contributed by atoms with Crippen LogP contribution in [0.5, 0.6) is 0 Å². The number of benzene rings is 1. The van der Waals surface area contributed by atoms with Crippen LogP contribution in [0.2, 0.25) is 0 Å². The molecule has 80 valence electrons. The van der Waals surface area contributed by atoms with E-state index < -0.39 is 0 Å². The molecule has 0 spiro atoms. The Morgan fingerprint density at radius 3 is 2.60 bits per heavy atom. The number of carbonyl (C=O) groups is 1. The first-order chi connectivity index (χ1) is 7.20. The average Bonchev–Trinajstić information content (AvgIpc) is 2.25. The highest BCUT2D eigenvalue weighted by molar-refractivity contribution is 6.04. The van der Waals surface area contributed by atoms with E-state index in [1.54, 1.807) is 12.3 Å². The maximum absolute atomic E-state index is 11.6. The van der Waals surface area contributed by atoms with Crippen LogP contribution in [0, 0.1) is 5.92 Å². The van der Waals surface area contributed by atoms with Crippen molar-refractivity contribution in [2.75, 3.05) is 6.54 Å². The second-order valence-corrected chi connectivity index (χ2v) is 3.87. The lowest BCUT2D eigenvalue weighted by Gasteiger charge is -2.02. The molecule has 0 aliphatic carbocycles. The van der Waals surface area contributed by atoms with Gasteiger partial charge >= 0.3 is 0 Å². The van der Waals surface area contributed by atoms with Gasteiger partial charge in [0.2, 0.25) is 0 Å². The SMILES string of the molecule is CC(C)CN/C=C\C(=O)c1ccccc1. The Kier molecular flexibility index (Phi) is 4.61. The minimum atomic E-state index is 0.0341. The molecule has 0 heterocycles. The molecule has 0 aromatic heterocycles. The average molecular weight is 203 g/mol. The van der Waals surface area contributed by atoms with Gasteiger partial charge in [0.25, 0.3) is 0 Å². The summed E-state index contributed by atoms with van der Waals surface area (Å²) >= 11 is 0. The smallest absolute Gasteiger partial charge is 0.187 e. The summed E-state index contributed by atoms with van der Waals surface area (Å²) in [5.41, 5.74) is 0.722. The molecule has 0 atom stereocenters. The predicted octanol–water partition coefficient (Wildman–Crippen LogP) is 2.63. The fourth-order valence-corrected chi connectivity index (χ4v) is 1.14. The molecule has 2 nitrogen and oxygen atoms in total. The van der Waals surface area contributed by atoms with Gasteiger partial charge < -0.3 is 5.32 Å². The summed E-state index contributed by atoms with van der Waals surface area (Å²) in [6.45, 7) is 5.14. The van der Waals surface area contributed by atoms with E-state index in [9.17, 15) is 4.79 Å². The molecule has 2 heteroatoms. The zero-order chi connectivity index (χ0) is 11.1. The van der Waals surface area contributed by atoms with E-state index in [1.165, 1.54) is 0 Å². The summed E-state index contributed by atoms with van der Waals surface area (Å²) in [5.74, 6) is 0.619. The molecule has 1 rings (SSSR count). The first-order valence-corrected chi connectivity index (χ1v) is 5.19. The quantitative estimate of drug-likeness (QED) is 0.588. The normalized spacial score (nSPS) is 10.9. The van der Waals surface area contributed by atoms with Crippen molar-refractivity contribution in [3.8, 4) is 0 Å². The van der Waals surface area contributed by atoms with Gasteiger partial charge in [-0.2, -0.15) is 0 Å². The highest BCUT2D eigenvalue weighted by Crippen LogP contribution is 2.00. The summed E-state index contributed by atoms with van der Waals surface area (Å²) in [5, 5.41) is 3.08. The zero-order valence-corrected chi connectivity index (χ0v) is 9.23. The van der Waals surface area contributed by atoms with Crippen LogP contribution in [0.1, 0.15) is 24.2 Å². The first kappa shape index (κ1) is 11.5. The van der Waals surface area contributed by atoms with Gasteiger partial charge in [-0.15, -0.1) is 0 Å². The number of allylic oxidation sites excluding steroid dienone is 1. The second kappa shape index (κ2) is 6.02. The van der Waals surface area contributed by atoms with Crippen molar-refractivity contribution in [2.24, 2.45) is 5.92 Å². The molecule has 1 N–H and O–H groups in total. The van der Waals surface area contributed by atoms with E-state index in [0.29, 0.717) is 5.92 Å². The summed E-state index contributed by atoms with van der Waals surface area (Å²) < 4.78 is 0. The molecule has 1 aromatic rings. The molecule has 1 aromatic carbocycles. The fraction of sp³-hybridized carbons (Fsp3) is 0.308. The highest BCUT2D eigenvalue weighted by atomic mass is 16.1. The van der Waals surface area contributed by atoms with Crippen molar-refractivity contribution in [3.05, 3.63) is 48.2 Å². The molecule has 0 amide bonds. The zero-order valence-electron chi connectivity index (χ0n) is 9.23. The standard InChI is InChI=1S/C13H17NO/c1-11(2)10-14-9-8-13(15)12-6-4-3-5-7-12/h3-9,11,14H,10H2,1-2H3/b9-8-. The Morgan fingerprint density at radius 1 is 1.33 bits per heavy atom. The Balaban J connectivity index is 2.43. The van der Waals surface area contributed by atoms with E-state index in [2.05, 4.69) is 19.2 Å². The minimum absolute atomic E-state index is 0.0341. The van der Waals surface area contributed by atoms with E-state index in [4.69, 9.17) is 0 Å². The van der Waals surface area contributed by atoms with E-state index in [-0.39, 0.29) is 5.78 Å². The Hall–Kier alpha value is -1.57. The fourth-order valence-electron chi connectivity index (χ4n) is 1.14. The Bertz CT molecular complexity index is 328. The maximum atomic E-state index is 11.6. The third-order valence-corrected chi connectivity index (χ3v) is 1.94. The number of ketones is 1. The van der Waals surface area contributed by atoms with Crippen LogP contribution in [-0.2, 0) is 0 Å². The molecule has 0 unspecified atom stereocenters. The van der Waals surface area contributed by atoms with Crippen molar-refractivity contribution < 1.29 is 4.79 Å². The minimum Gasteiger partial charge on any atom is -0.391 e. The predicted molar refractivity (Wildman–Crippen MR) is 62.8 cm³/mol. The van der Waals surface area contributed by atoms with E-state index in [1.807, 2.05) is 30.3 Å². The van der Waals surface area contributed by atoms with Gasteiger partial charge in [0.15, 0.2) is 5.78 Å². The highest BCUT2D eigenvalue weighted by Gasteiger charge is 1.98. The molecule has 0 aliphatic heterocycles. The number of hydrogen-bond acceptors (Lipinski definition) is 2. The largest absolute Gasteiger partial charge is 0.391 e. The maximum Gasteiger partial charge on any atom is 0.187 e. The third kappa shape index (κ3) is 4.45. The molecular formula is C13H17NO. The van der Waals surface area contributed by atoms with Crippen molar-refractivity contribution in [1.82, 2.24) is 5.32 Å². The van der Waals surface area contributed by atoms with Crippen molar-refractivity contribution in [1.29, 1.82) is 0 Å². The van der Waals surface area contributed by atoms with Crippen molar-refractivity contribution >= 4 is 5.78 Å². The number of carbonyl (C=O) groups excluding carboxylic acids is 1. The number of hydrogen-bond donors (Lipinski definition) is 1. The van der Waals surface area contributed by atoms with Crippen LogP contribution in [0.4, 0.5) is 0 Å². The third-order valence-electron chi connectivity index (χ3n) is 1.94. The van der Waals surface area contributed by atoms with E-state index >= 15 is 0 Å². The topological polar surface area (TPSA) is 29.1 Å². The molecule has 0 aliphatic rings. The summed E-state index contributed by atoms with van der Waals surface area (Å²) in [7, 11) is 0. The Morgan fingerprint density at radius 2 is 2.00 bits per heavy atom. The monoisotopic (exact) mass is 203 g/mol. The summed E-state index contributed by atoms with van der Waals surface area (Å²) in [6.07, 6.45) is 3.28. The molecule has 0 radical (unpaired) electrons. The molecule has 15 heavy (non-hydrogen) atoms. The summed E-state index contributed by atoms with van der Waals surface area (Å²) in [4.78, 5) is 11.6. The molecular weight excluding hydrogens is 186 g/mol. The molecule has 0 bridgehead atoms. The van der Waals surface area contributed by atoms with Gasteiger partial charge in [-0.25, -0.2) is 0 Å². The lowest BCUT2D eigenvalue weighted by atomic mass is 10.1. The van der Waals surface area contributed by atoms with Crippen LogP contribution in [-0.4, -0.2) is 12.3 Å². The first-order valence-electron chi connectivity index (χ1n) is 5.19. The number of nitrogens with one attached hydrogen (secondary N) is 1. The van der Waals surface area contributed by atoms with Gasteiger partial charge in [-0.1, -0.05) is 44.2 Å². The molecule has 0 fully saturated rings. The van der Waals surface area contributed by atoms with Crippen LogP contribution in [0.15, 0.2) is 42.6 Å². The van der Waals surface area contributed by atoms with Gasteiger partial charge in [-0.05, 0) is 5.92 Å². The van der Waals surface area contributed by atoms with Crippen LogP contribution >= 0.6 is 0 Å². The van der Waals surface area contributed by atoms with Crippen LogP contribution in [0.3, 0.4) is 0 Å². The molecule has 0 saturated heterocycles. The van der Waals surface area contributed by atoms with Gasteiger partial charge in [0.1, 0.15) is 0 Å². The lowest BCUT2D eigenvalue weighted by Crippen LogP contribution is -2.13. The summed E-state index contributed by atoms with van der Waals surface area (Å²) in [6, 6.07) is 9.26.